The first-order valence-electron chi connectivity index (χ1n) is 7.67. The summed E-state index contributed by atoms with van der Waals surface area (Å²) in [7, 11) is 0. The number of ether oxygens (including phenoxy) is 1. The molecule has 1 aromatic carbocycles. The fourth-order valence-corrected chi connectivity index (χ4v) is 2.82. The van der Waals surface area contributed by atoms with E-state index in [2.05, 4.69) is 0 Å². The fraction of sp³-hybridized carbons (Fsp3) is 0.353. The first-order chi connectivity index (χ1) is 11.5. The average molecular weight is 330 g/mol. The molecule has 0 spiro atoms. The molecule has 0 saturated carbocycles. The summed E-state index contributed by atoms with van der Waals surface area (Å²) in [6.07, 6.45) is 0. The van der Waals surface area contributed by atoms with Crippen LogP contribution in [0.1, 0.15) is 33.5 Å². The van der Waals surface area contributed by atoms with Crippen LogP contribution in [0.2, 0.25) is 0 Å². The molecule has 2 heterocycles. The highest BCUT2D eigenvalue weighted by atomic mass is 16.6. The van der Waals surface area contributed by atoms with Crippen LogP contribution < -0.4 is 0 Å². The van der Waals surface area contributed by atoms with Crippen molar-refractivity contribution in [3.05, 3.63) is 63.1 Å². The minimum absolute atomic E-state index is 0.0560. The van der Waals surface area contributed by atoms with Crippen molar-refractivity contribution in [2.75, 3.05) is 19.8 Å². The highest BCUT2D eigenvalue weighted by molar-refractivity contribution is 5.95. The number of carbonyl (C=O) groups is 1. The lowest BCUT2D eigenvalue weighted by Crippen LogP contribution is -2.43. The van der Waals surface area contributed by atoms with Crippen LogP contribution in [-0.4, -0.2) is 35.5 Å². The molecule has 0 radical (unpaired) electrons. The van der Waals surface area contributed by atoms with Crippen molar-refractivity contribution < 1.29 is 18.9 Å². The minimum atomic E-state index is -0.473. The highest BCUT2D eigenvalue weighted by Crippen LogP contribution is 2.28. The van der Waals surface area contributed by atoms with E-state index in [-0.39, 0.29) is 17.6 Å². The van der Waals surface area contributed by atoms with Gasteiger partial charge in [0, 0.05) is 23.7 Å². The van der Waals surface area contributed by atoms with Gasteiger partial charge in [-0.15, -0.1) is 0 Å². The molecule has 1 atom stereocenters. The molecule has 0 N–H and O–H groups in total. The number of aryl methyl sites for hydroxylation is 2. The summed E-state index contributed by atoms with van der Waals surface area (Å²) in [4.78, 5) is 25.2. The zero-order valence-corrected chi connectivity index (χ0v) is 13.5. The Morgan fingerprint density at radius 1 is 1.29 bits per heavy atom. The fourth-order valence-electron chi connectivity index (χ4n) is 2.82. The molecule has 24 heavy (non-hydrogen) atoms. The Hall–Kier alpha value is -2.67. The first-order valence-corrected chi connectivity index (χ1v) is 7.67. The predicted molar refractivity (Wildman–Crippen MR) is 85.9 cm³/mol. The summed E-state index contributed by atoms with van der Waals surface area (Å²) in [6.45, 7) is 4.66. The van der Waals surface area contributed by atoms with Gasteiger partial charge in [0.05, 0.1) is 18.1 Å². The number of morpholine rings is 1. The second kappa shape index (κ2) is 6.45. The highest BCUT2D eigenvalue weighted by Gasteiger charge is 2.32. The number of carbonyl (C=O) groups excluding carboxylic acids is 1. The van der Waals surface area contributed by atoms with Crippen LogP contribution in [0.25, 0.3) is 0 Å². The van der Waals surface area contributed by atoms with E-state index in [4.69, 9.17) is 9.15 Å². The molecule has 1 amide bonds. The van der Waals surface area contributed by atoms with Crippen LogP contribution in [-0.2, 0) is 4.74 Å². The van der Waals surface area contributed by atoms with Crippen molar-refractivity contribution in [2.24, 2.45) is 0 Å². The van der Waals surface area contributed by atoms with E-state index >= 15 is 0 Å². The Morgan fingerprint density at radius 3 is 2.75 bits per heavy atom. The monoisotopic (exact) mass is 330 g/mol. The van der Waals surface area contributed by atoms with Crippen molar-refractivity contribution in [3.8, 4) is 0 Å². The Labute approximate surface area is 139 Å². The van der Waals surface area contributed by atoms with Gasteiger partial charge >= 0.3 is 0 Å². The van der Waals surface area contributed by atoms with Crippen molar-refractivity contribution in [1.82, 2.24) is 4.90 Å². The van der Waals surface area contributed by atoms with Gasteiger partial charge in [-0.3, -0.25) is 14.9 Å². The van der Waals surface area contributed by atoms with E-state index in [0.29, 0.717) is 36.6 Å². The Kier molecular flexibility index (Phi) is 4.35. The summed E-state index contributed by atoms with van der Waals surface area (Å²) in [6, 6.07) is 7.87. The van der Waals surface area contributed by atoms with Crippen LogP contribution in [0.4, 0.5) is 5.69 Å². The number of rotatable bonds is 3. The van der Waals surface area contributed by atoms with Crippen LogP contribution in [0.3, 0.4) is 0 Å². The maximum atomic E-state index is 12.9. The normalized spacial score (nSPS) is 17.8. The molecule has 0 aliphatic carbocycles. The Bertz CT molecular complexity index is 783. The molecule has 0 bridgehead atoms. The minimum Gasteiger partial charge on any atom is -0.464 e. The van der Waals surface area contributed by atoms with Crippen molar-refractivity contribution >= 4 is 11.6 Å². The second-order valence-electron chi connectivity index (χ2n) is 5.80. The third-order valence-electron chi connectivity index (χ3n) is 4.13. The first kappa shape index (κ1) is 16.2. The van der Waals surface area contributed by atoms with Crippen LogP contribution in [0.15, 0.2) is 34.7 Å². The molecule has 3 rings (SSSR count). The molecule has 7 nitrogen and oxygen atoms in total. The van der Waals surface area contributed by atoms with Gasteiger partial charge in [0.1, 0.15) is 17.6 Å². The van der Waals surface area contributed by atoms with Crippen molar-refractivity contribution in [3.63, 3.8) is 0 Å². The summed E-state index contributed by atoms with van der Waals surface area (Å²) in [5.74, 6) is 1.15. The molecular formula is C17H18N2O5. The quantitative estimate of drug-likeness (QED) is 0.638. The van der Waals surface area contributed by atoms with Crippen LogP contribution in [0, 0.1) is 24.0 Å². The smallest absolute Gasteiger partial charge is 0.273 e. The maximum absolute atomic E-state index is 12.9. The van der Waals surface area contributed by atoms with E-state index < -0.39 is 4.92 Å². The topological polar surface area (TPSA) is 85.8 Å². The second-order valence-corrected chi connectivity index (χ2v) is 5.80. The number of furan rings is 1. The van der Waals surface area contributed by atoms with E-state index in [1.165, 1.54) is 6.07 Å². The zero-order chi connectivity index (χ0) is 17.3. The largest absolute Gasteiger partial charge is 0.464 e. The molecule has 1 saturated heterocycles. The summed E-state index contributed by atoms with van der Waals surface area (Å²) < 4.78 is 11.1. The van der Waals surface area contributed by atoms with E-state index in [0.717, 1.165) is 5.76 Å². The number of benzene rings is 1. The molecule has 0 unspecified atom stereocenters. The number of nitro benzene ring substituents is 1. The van der Waals surface area contributed by atoms with Gasteiger partial charge in [-0.05, 0) is 32.0 Å². The molecule has 1 aliphatic rings. The number of amides is 1. The van der Waals surface area contributed by atoms with Gasteiger partial charge in [-0.2, -0.15) is 0 Å². The molecular weight excluding hydrogens is 312 g/mol. The molecule has 1 fully saturated rings. The van der Waals surface area contributed by atoms with Crippen molar-refractivity contribution in [1.29, 1.82) is 0 Å². The maximum Gasteiger partial charge on any atom is 0.273 e. The molecule has 7 heteroatoms. The summed E-state index contributed by atoms with van der Waals surface area (Å²) in [5.41, 5.74) is 0.763. The van der Waals surface area contributed by atoms with E-state index in [1.54, 1.807) is 24.0 Å². The predicted octanol–water partition coefficient (Wildman–Crippen LogP) is 3.02. The lowest BCUT2D eigenvalue weighted by atomic mass is 10.1. The number of hydrogen-bond acceptors (Lipinski definition) is 5. The molecule has 1 aromatic heterocycles. The zero-order valence-electron chi connectivity index (χ0n) is 13.5. The van der Waals surface area contributed by atoms with E-state index in [9.17, 15) is 14.9 Å². The number of nitrogens with zero attached hydrogens (tertiary/aromatic N) is 2. The van der Waals surface area contributed by atoms with Crippen molar-refractivity contribution in [2.45, 2.75) is 19.9 Å². The van der Waals surface area contributed by atoms with Gasteiger partial charge in [0.15, 0.2) is 0 Å². The molecule has 1 aliphatic heterocycles. The lowest BCUT2D eigenvalue weighted by molar-refractivity contribution is -0.385. The average Bonchev–Trinajstić information content (AvgIpc) is 3.01. The SMILES string of the molecule is Cc1ccc([C@@H]2COCCN2C(=O)c2ccc(C)c([N+](=O)[O-])c2)o1. The van der Waals surface area contributed by atoms with E-state index in [1.807, 2.05) is 19.1 Å². The standard InChI is InChI=1S/C17H18N2O5/c1-11-3-5-13(9-14(11)19(21)22)17(20)18-7-8-23-10-15(18)16-6-4-12(2)24-16/h3-6,9,15H,7-8,10H2,1-2H3/t15-/m0/s1. The molecule has 126 valence electrons. The van der Waals surface area contributed by atoms with Crippen LogP contribution >= 0.6 is 0 Å². The number of nitro groups is 1. The third-order valence-corrected chi connectivity index (χ3v) is 4.13. The van der Waals surface area contributed by atoms with Gasteiger partial charge in [-0.25, -0.2) is 0 Å². The Morgan fingerprint density at radius 2 is 2.08 bits per heavy atom. The third kappa shape index (κ3) is 3.03. The van der Waals surface area contributed by atoms with Crippen LogP contribution in [0.5, 0.6) is 0 Å². The number of hydrogen-bond donors (Lipinski definition) is 0. The van der Waals surface area contributed by atoms with Gasteiger partial charge < -0.3 is 14.1 Å². The van der Waals surface area contributed by atoms with Gasteiger partial charge in [-0.1, -0.05) is 6.07 Å². The lowest BCUT2D eigenvalue weighted by Gasteiger charge is -2.34. The summed E-state index contributed by atoms with van der Waals surface area (Å²) in [5, 5.41) is 11.1. The molecule has 2 aromatic rings. The Balaban J connectivity index is 1.92. The van der Waals surface area contributed by atoms with Gasteiger partial charge in [0.25, 0.3) is 11.6 Å². The summed E-state index contributed by atoms with van der Waals surface area (Å²) >= 11 is 0. The van der Waals surface area contributed by atoms with Gasteiger partial charge in [0.2, 0.25) is 0 Å².